The molecule has 110 valence electrons. The Labute approximate surface area is 128 Å². The van der Waals surface area contributed by atoms with Gasteiger partial charge in [-0.3, -0.25) is 0 Å². The van der Waals surface area contributed by atoms with Gasteiger partial charge in [0.05, 0.1) is 12.8 Å². The number of hydrogen-bond acceptors (Lipinski definition) is 4. The van der Waals surface area contributed by atoms with Crippen LogP contribution < -0.4 is 4.74 Å². The first-order valence-corrected chi connectivity index (χ1v) is 7.09. The fourth-order valence-corrected chi connectivity index (χ4v) is 2.04. The number of benzene rings is 2. The average Bonchev–Trinajstić information content (AvgIpc) is 3.04. The van der Waals surface area contributed by atoms with Crippen molar-refractivity contribution in [3.8, 4) is 17.1 Å². The molecule has 1 aromatic heterocycles. The first-order valence-electron chi connectivity index (χ1n) is 7.09. The topological polar surface area (TPSA) is 52.3 Å². The number of aromatic nitrogens is 3. The van der Waals surface area contributed by atoms with Crippen LogP contribution in [0.25, 0.3) is 11.4 Å². The number of rotatable bonds is 5. The number of ether oxygens (including phenoxy) is 1. The van der Waals surface area contributed by atoms with Crippen LogP contribution in [0.3, 0.4) is 0 Å². The molecule has 0 bridgehead atoms. The summed E-state index contributed by atoms with van der Waals surface area (Å²) in [6.07, 6.45) is 3.36. The van der Waals surface area contributed by atoms with Gasteiger partial charge in [0.15, 0.2) is 5.82 Å². The minimum atomic E-state index is 0.661. The zero-order valence-electron chi connectivity index (χ0n) is 12.3. The molecule has 1 heterocycles. The van der Waals surface area contributed by atoms with E-state index in [4.69, 9.17) is 4.74 Å². The second-order valence-electron chi connectivity index (χ2n) is 4.61. The molecule has 0 aliphatic carbocycles. The lowest BCUT2D eigenvalue weighted by molar-refractivity contribution is 0.340. The summed E-state index contributed by atoms with van der Waals surface area (Å²) in [5.41, 5.74) is 1.96. The summed E-state index contributed by atoms with van der Waals surface area (Å²) in [6.45, 7) is 2.63. The lowest BCUT2D eigenvalue weighted by Crippen LogP contribution is -1.94. The maximum Gasteiger partial charge on any atom is 0.184 e. The van der Waals surface area contributed by atoms with Gasteiger partial charge in [-0.2, -0.15) is 9.78 Å². The third-order valence-corrected chi connectivity index (χ3v) is 3.08. The van der Waals surface area contributed by atoms with Crippen LogP contribution >= 0.6 is 0 Å². The van der Waals surface area contributed by atoms with Crippen molar-refractivity contribution in [3.05, 3.63) is 66.5 Å². The summed E-state index contributed by atoms with van der Waals surface area (Å²) >= 11 is 0. The van der Waals surface area contributed by atoms with Gasteiger partial charge >= 0.3 is 0 Å². The molecule has 2 aromatic carbocycles. The molecule has 0 aliphatic heterocycles. The molecular weight excluding hydrogens is 276 g/mol. The molecular formula is C17H16N4O. The Hall–Kier alpha value is -2.95. The molecule has 5 nitrogen and oxygen atoms in total. The molecule has 22 heavy (non-hydrogen) atoms. The SMILES string of the molecule is CCOc1ccc(/C=N\n2cnnc2-c2ccccc2)cc1. The highest BCUT2D eigenvalue weighted by molar-refractivity contribution is 5.79. The smallest absolute Gasteiger partial charge is 0.184 e. The monoisotopic (exact) mass is 292 g/mol. The summed E-state index contributed by atoms with van der Waals surface area (Å²) in [5, 5.41) is 12.5. The molecule has 0 saturated carbocycles. The Kier molecular flexibility index (Phi) is 4.25. The van der Waals surface area contributed by atoms with Gasteiger partial charge in [-0.1, -0.05) is 30.3 Å². The molecule has 0 amide bonds. The van der Waals surface area contributed by atoms with Crippen LogP contribution in [0.4, 0.5) is 0 Å². The maximum absolute atomic E-state index is 5.42. The molecule has 0 N–H and O–H groups in total. The zero-order valence-corrected chi connectivity index (χ0v) is 12.3. The van der Waals surface area contributed by atoms with Crippen LogP contribution in [0.5, 0.6) is 5.75 Å². The predicted octanol–water partition coefficient (Wildman–Crippen LogP) is 3.23. The Balaban J connectivity index is 1.80. The van der Waals surface area contributed by atoms with Crippen molar-refractivity contribution in [2.45, 2.75) is 6.92 Å². The third-order valence-electron chi connectivity index (χ3n) is 3.08. The van der Waals surface area contributed by atoms with Crippen molar-refractivity contribution in [2.75, 3.05) is 6.61 Å². The fraction of sp³-hybridized carbons (Fsp3) is 0.118. The summed E-state index contributed by atoms with van der Waals surface area (Å²) in [4.78, 5) is 0. The van der Waals surface area contributed by atoms with E-state index in [1.165, 1.54) is 0 Å². The van der Waals surface area contributed by atoms with Gasteiger partial charge in [0.1, 0.15) is 12.1 Å². The summed E-state index contributed by atoms with van der Waals surface area (Å²) in [7, 11) is 0. The van der Waals surface area contributed by atoms with Crippen LogP contribution in [-0.2, 0) is 0 Å². The molecule has 0 fully saturated rings. The van der Waals surface area contributed by atoms with Gasteiger partial charge in [-0.05, 0) is 36.8 Å². The van der Waals surface area contributed by atoms with Gasteiger partial charge in [-0.15, -0.1) is 10.2 Å². The van der Waals surface area contributed by atoms with E-state index >= 15 is 0 Å². The molecule has 3 rings (SSSR count). The minimum absolute atomic E-state index is 0.661. The van der Waals surface area contributed by atoms with Crippen LogP contribution in [0, 0.1) is 0 Å². The van der Waals surface area contributed by atoms with Crippen LogP contribution in [-0.4, -0.2) is 27.7 Å². The Morgan fingerprint density at radius 2 is 1.86 bits per heavy atom. The minimum Gasteiger partial charge on any atom is -0.494 e. The maximum atomic E-state index is 5.42. The van der Waals surface area contributed by atoms with Gasteiger partial charge < -0.3 is 4.74 Å². The molecule has 0 aliphatic rings. The summed E-state index contributed by atoms with van der Waals surface area (Å²) < 4.78 is 7.08. The van der Waals surface area contributed by atoms with Gasteiger partial charge in [0, 0.05) is 5.56 Å². The second kappa shape index (κ2) is 6.67. The van der Waals surface area contributed by atoms with E-state index in [9.17, 15) is 0 Å². The van der Waals surface area contributed by atoms with E-state index in [-0.39, 0.29) is 0 Å². The predicted molar refractivity (Wildman–Crippen MR) is 86.1 cm³/mol. The van der Waals surface area contributed by atoms with Crippen LogP contribution in [0.2, 0.25) is 0 Å². The Morgan fingerprint density at radius 1 is 1.09 bits per heavy atom. The molecule has 5 heteroatoms. The van der Waals surface area contributed by atoms with E-state index < -0.39 is 0 Å². The highest BCUT2D eigenvalue weighted by atomic mass is 16.5. The highest BCUT2D eigenvalue weighted by Crippen LogP contribution is 2.15. The standard InChI is InChI=1S/C17H16N4O/c1-2-22-16-10-8-14(9-11-16)12-19-21-13-18-20-17(21)15-6-4-3-5-7-15/h3-13H,2H2,1H3/b19-12-. The highest BCUT2D eigenvalue weighted by Gasteiger charge is 2.04. The van der Waals surface area contributed by atoms with Gasteiger partial charge in [0.2, 0.25) is 0 Å². The van der Waals surface area contributed by atoms with Crippen molar-refractivity contribution in [3.63, 3.8) is 0 Å². The average molecular weight is 292 g/mol. The summed E-state index contributed by atoms with van der Waals surface area (Å²) in [5.74, 6) is 1.57. The molecule has 0 saturated heterocycles. The summed E-state index contributed by atoms with van der Waals surface area (Å²) in [6, 6.07) is 17.6. The van der Waals surface area contributed by atoms with Crippen molar-refractivity contribution >= 4 is 6.21 Å². The first kappa shape index (κ1) is 14.0. The van der Waals surface area contributed by atoms with Crippen molar-refractivity contribution in [1.29, 1.82) is 0 Å². The lowest BCUT2D eigenvalue weighted by Gasteiger charge is -2.02. The van der Waals surface area contributed by atoms with Crippen LogP contribution in [0.15, 0.2) is 66.0 Å². The lowest BCUT2D eigenvalue weighted by atomic mass is 10.2. The van der Waals surface area contributed by atoms with E-state index in [1.807, 2.05) is 61.5 Å². The van der Waals surface area contributed by atoms with E-state index in [2.05, 4.69) is 15.3 Å². The fourth-order valence-electron chi connectivity index (χ4n) is 2.04. The van der Waals surface area contributed by atoms with Crippen molar-refractivity contribution in [2.24, 2.45) is 5.10 Å². The number of hydrogen-bond donors (Lipinski definition) is 0. The molecule has 0 radical (unpaired) electrons. The van der Waals surface area contributed by atoms with Crippen molar-refractivity contribution < 1.29 is 4.74 Å². The van der Waals surface area contributed by atoms with Gasteiger partial charge in [0.25, 0.3) is 0 Å². The normalized spacial score (nSPS) is 11.0. The van der Waals surface area contributed by atoms with Gasteiger partial charge in [-0.25, -0.2) is 0 Å². The number of nitrogens with zero attached hydrogens (tertiary/aromatic N) is 4. The third kappa shape index (κ3) is 3.20. The first-order chi connectivity index (χ1) is 10.9. The largest absolute Gasteiger partial charge is 0.494 e. The quantitative estimate of drug-likeness (QED) is 0.678. The van der Waals surface area contributed by atoms with E-state index in [1.54, 1.807) is 17.2 Å². The van der Waals surface area contributed by atoms with E-state index in [0.717, 1.165) is 16.9 Å². The van der Waals surface area contributed by atoms with Crippen LogP contribution in [0.1, 0.15) is 12.5 Å². The molecule has 0 spiro atoms. The zero-order chi connectivity index (χ0) is 15.2. The second-order valence-corrected chi connectivity index (χ2v) is 4.61. The van der Waals surface area contributed by atoms with Crippen molar-refractivity contribution in [1.82, 2.24) is 14.9 Å². The van der Waals surface area contributed by atoms with E-state index in [0.29, 0.717) is 12.4 Å². The molecule has 3 aromatic rings. The Morgan fingerprint density at radius 3 is 2.59 bits per heavy atom. The molecule has 0 atom stereocenters. The molecule has 0 unspecified atom stereocenters. The Bertz CT molecular complexity index is 748.